The van der Waals surface area contributed by atoms with Gasteiger partial charge in [-0.1, -0.05) is 175 Å². The third-order valence-corrected chi connectivity index (χ3v) is 8.67. The van der Waals surface area contributed by atoms with Crippen LogP contribution in [-0.4, -0.2) is 11.5 Å². The zero-order chi connectivity index (χ0) is 24.1. The molecule has 0 aromatic heterocycles. The predicted molar refractivity (Wildman–Crippen MR) is 158 cm³/mol. The summed E-state index contributed by atoms with van der Waals surface area (Å²) >= 11 is 2.20. The van der Waals surface area contributed by atoms with Crippen LogP contribution in [0.4, 0.5) is 0 Å². The van der Waals surface area contributed by atoms with Gasteiger partial charge in [-0.15, -0.1) is 0 Å². The number of thioether (sulfide) groups is 1. The minimum Gasteiger partial charge on any atom is -0.162 e. The third-order valence-electron chi connectivity index (χ3n) is 7.45. The first-order chi connectivity index (χ1) is 16.3. The molecule has 0 amide bonds. The molecule has 0 unspecified atom stereocenters. The van der Waals surface area contributed by atoms with Gasteiger partial charge in [-0.3, -0.25) is 0 Å². The Morgan fingerprint density at radius 2 is 0.667 bits per heavy atom. The number of hydrogen-bond acceptors (Lipinski definition) is 1. The van der Waals surface area contributed by atoms with Crippen LogP contribution in [0.3, 0.4) is 0 Å². The van der Waals surface area contributed by atoms with Crippen molar-refractivity contribution in [2.24, 2.45) is 5.92 Å². The van der Waals surface area contributed by atoms with Crippen molar-refractivity contribution >= 4 is 11.8 Å². The van der Waals surface area contributed by atoms with E-state index in [0.717, 1.165) is 5.92 Å². The summed E-state index contributed by atoms with van der Waals surface area (Å²) in [5.74, 6) is 3.80. The Hall–Kier alpha value is 0.350. The molecule has 0 aliphatic rings. The van der Waals surface area contributed by atoms with Gasteiger partial charge in [0.05, 0.1) is 0 Å². The molecule has 0 bridgehead atoms. The van der Waals surface area contributed by atoms with E-state index in [1.165, 1.54) is 178 Å². The molecule has 0 aliphatic carbocycles. The van der Waals surface area contributed by atoms with Crippen LogP contribution >= 0.6 is 11.8 Å². The van der Waals surface area contributed by atoms with Crippen LogP contribution in [0.15, 0.2) is 0 Å². The molecule has 0 atom stereocenters. The Morgan fingerprint density at radius 3 is 1.00 bits per heavy atom. The van der Waals surface area contributed by atoms with Crippen molar-refractivity contribution in [3.8, 4) is 0 Å². The maximum atomic E-state index is 2.32. The van der Waals surface area contributed by atoms with E-state index in [4.69, 9.17) is 0 Å². The minimum absolute atomic E-state index is 1.02. The molecule has 0 N–H and O–H groups in total. The first-order valence-electron chi connectivity index (χ1n) is 15.9. The molecule has 0 heterocycles. The van der Waals surface area contributed by atoms with E-state index < -0.39 is 0 Å². The number of hydrogen-bond donors (Lipinski definition) is 0. The fourth-order valence-electron chi connectivity index (χ4n) is 5.12. The summed E-state index contributed by atoms with van der Waals surface area (Å²) in [6, 6.07) is 0. The van der Waals surface area contributed by atoms with Crippen molar-refractivity contribution in [2.45, 2.75) is 188 Å². The van der Waals surface area contributed by atoms with Gasteiger partial charge in [-0.2, -0.15) is 11.8 Å². The van der Waals surface area contributed by atoms with Gasteiger partial charge in [0.25, 0.3) is 0 Å². The maximum Gasteiger partial charge on any atom is -0.00649 e. The second-order valence-electron chi connectivity index (χ2n) is 10.9. The number of unbranched alkanes of at least 4 members (excludes halogenated alkanes) is 20. The molecule has 0 saturated heterocycles. The topological polar surface area (TPSA) is 0 Å². The van der Waals surface area contributed by atoms with Gasteiger partial charge in [-0.05, 0) is 30.3 Å². The summed E-state index contributed by atoms with van der Waals surface area (Å²) in [6.07, 6.45) is 38.2. The molecule has 0 aliphatic heterocycles. The minimum atomic E-state index is 1.02. The first-order valence-corrected chi connectivity index (χ1v) is 17.1. The van der Waals surface area contributed by atoms with Crippen LogP contribution in [0.5, 0.6) is 0 Å². The van der Waals surface area contributed by atoms with Gasteiger partial charge in [0.2, 0.25) is 0 Å². The highest BCUT2D eigenvalue weighted by molar-refractivity contribution is 7.99. The molecule has 0 aromatic carbocycles. The van der Waals surface area contributed by atoms with Crippen molar-refractivity contribution < 1.29 is 0 Å². The SMILES string of the molecule is CCCCCCCCCCCCCC(CCCCCCCCCCCCC)CCSCCC. The molecule has 0 fully saturated rings. The molecule has 1 heteroatoms. The molecule has 200 valence electrons. The van der Waals surface area contributed by atoms with Crippen molar-refractivity contribution in [3.63, 3.8) is 0 Å². The average Bonchev–Trinajstić information content (AvgIpc) is 2.83. The lowest BCUT2D eigenvalue weighted by Crippen LogP contribution is -2.03. The zero-order valence-electron chi connectivity index (χ0n) is 23.8. The Bertz CT molecular complexity index is 300. The molecule has 0 radical (unpaired) electrons. The molecule has 0 aromatic rings. The van der Waals surface area contributed by atoms with Crippen LogP contribution in [0.2, 0.25) is 0 Å². The standard InChI is InChI=1S/C32H66S/c1-4-7-9-11-13-15-17-19-21-23-25-27-32(29-31-33-30-6-3)28-26-24-22-20-18-16-14-12-10-8-5-2/h32H,4-31H2,1-3H3. The molecular formula is C32H66S. The van der Waals surface area contributed by atoms with Gasteiger partial charge in [0.15, 0.2) is 0 Å². The van der Waals surface area contributed by atoms with Gasteiger partial charge >= 0.3 is 0 Å². The molecule has 0 rings (SSSR count). The number of rotatable bonds is 29. The first kappa shape index (κ1) is 33.4. The second-order valence-corrected chi connectivity index (χ2v) is 12.1. The van der Waals surface area contributed by atoms with E-state index in [1.807, 2.05) is 0 Å². The molecule has 0 saturated carbocycles. The van der Waals surface area contributed by atoms with Crippen LogP contribution in [0.25, 0.3) is 0 Å². The summed E-state index contributed by atoms with van der Waals surface area (Å²) in [4.78, 5) is 0. The van der Waals surface area contributed by atoms with Crippen LogP contribution in [-0.2, 0) is 0 Å². The highest BCUT2D eigenvalue weighted by atomic mass is 32.2. The summed E-state index contributed by atoms with van der Waals surface area (Å²) in [5, 5.41) is 0. The van der Waals surface area contributed by atoms with Gasteiger partial charge < -0.3 is 0 Å². The average molecular weight is 483 g/mol. The molecule has 0 spiro atoms. The maximum absolute atomic E-state index is 2.32. The highest BCUT2D eigenvalue weighted by Gasteiger charge is 2.09. The molecule has 33 heavy (non-hydrogen) atoms. The van der Waals surface area contributed by atoms with E-state index in [9.17, 15) is 0 Å². The van der Waals surface area contributed by atoms with E-state index in [0.29, 0.717) is 0 Å². The lowest BCUT2D eigenvalue weighted by atomic mass is 9.92. The second kappa shape index (κ2) is 30.4. The Balaban J connectivity index is 3.67. The Kier molecular flexibility index (Phi) is 30.7. The smallest absolute Gasteiger partial charge is 0.00649 e. The van der Waals surface area contributed by atoms with Gasteiger partial charge in [-0.25, -0.2) is 0 Å². The molecule has 0 nitrogen and oxygen atoms in total. The largest absolute Gasteiger partial charge is 0.162 e. The summed E-state index contributed by atoms with van der Waals surface area (Å²) in [6.45, 7) is 6.94. The van der Waals surface area contributed by atoms with Crippen molar-refractivity contribution in [3.05, 3.63) is 0 Å². The quantitative estimate of drug-likeness (QED) is 0.0955. The van der Waals surface area contributed by atoms with Gasteiger partial charge in [0.1, 0.15) is 0 Å². The van der Waals surface area contributed by atoms with Crippen LogP contribution in [0.1, 0.15) is 188 Å². The highest BCUT2D eigenvalue weighted by Crippen LogP contribution is 2.24. The van der Waals surface area contributed by atoms with Crippen molar-refractivity contribution in [1.82, 2.24) is 0 Å². The van der Waals surface area contributed by atoms with Gasteiger partial charge in [0, 0.05) is 0 Å². The lowest BCUT2D eigenvalue weighted by molar-refractivity contribution is 0.394. The molecular weight excluding hydrogens is 416 g/mol. The summed E-state index contributed by atoms with van der Waals surface area (Å²) in [7, 11) is 0. The fourth-order valence-corrected chi connectivity index (χ4v) is 6.12. The Labute approximate surface area is 216 Å². The summed E-state index contributed by atoms with van der Waals surface area (Å²) in [5.41, 5.74) is 0. The predicted octanol–water partition coefficient (Wildman–Crippen LogP) is 12.5. The van der Waals surface area contributed by atoms with Crippen molar-refractivity contribution in [1.29, 1.82) is 0 Å². The van der Waals surface area contributed by atoms with Crippen LogP contribution in [0, 0.1) is 5.92 Å². The van der Waals surface area contributed by atoms with E-state index in [2.05, 4.69) is 32.5 Å². The monoisotopic (exact) mass is 482 g/mol. The van der Waals surface area contributed by atoms with Crippen molar-refractivity contribution in [2.75, 3.05) is 11.5 Å². The fraction of sp³-hybridized carbons (Fsp3) is 1.00. The normalized spacial score (nSPS) is 11.6. The summed E-state index contributed by atoms with van der Waals surface area (Å²) < 4.78 is 0. The van der Waals surface area contributed by atoms with E-state index >= 15 is 0 Å². The zero-order valence-corrected chi connectivity index (χ0v) is 24.6. The third kappa shape index (κ3) is 28.5. The Morgan fingerprint density at radius 1 is 0.333 bits per heavy atom. The van der Waals surface area contributed by atoms with Crippen LogP contribution < -0.4 is 0 Å². The van der Waals surface area contributed by atoms with E-state index in [1.54, 1.807) is 0 Å². The lowest BCUT2D eigenvalue weighted by Gasteiger charge is -2.17. The van der Waals surface area contributed by atoms with E-state index in [-0.39, 0.29) is 0 Å².